The van der Waals surface area contributed by atoms with Crippen LogP contribution in [0.2, 0.25) is 0 Å². The van der Waals surface area contributed by atoms with Crippen molar-refractivity contribution in [3.05, 3.63) is 0 Å². The minimum absolute atomic E-state index is 0.178. The second-order valence-corrected chi connectivity index (χ2v) is 4.93. The van der Waals surface area contributed by atoms with E-state index in [4.69, 9.17) is 9.66 Å². The van der Waals surface area contributed by atoms with Crippen LogP contribution in [0.25, 0.3) is 0 Å². The number of hydrogen-bond donors (Lipinski definition) is 3. The molecular weight excluding hydrogens is 206 g/mol. The van der Waals surface area contributed by atoms with E-state index in [1.807, 2.05) is 6.92 Å². The maximum absolute atomic E-state index is 10.3. The van der Waals surface area contributed by atoms with Crippen LogP contribution in [0.15, 0.2) is 0 Å². The molecule has 0 radical (unpaired) electrons. The van der Waals surface area contributed by atoms with Gasteiger partial charge in [-0.3, -0.25) is 4.55 Å². The molecule has 14 heavy (non-hydrogen) atoms. The van der Waals surface area contributed by atoms with Gasteiger partial charge in [-0.1, -0.05) is 0 Å². The SMILES string of the molecule is CC(CCCO)NCCCS(=O)(=O)O. The summed E-state index contributed by atoms with van der Waals surface area (Å²) < 4.78 is 29.1. The molecule has 0 aliphatic carbocycles. The predicted molar refractivity (Wildman–Crippen MR) is 54.8 cm³/mol. The average Bonchev–Trinajstić information content (AvgIpc) is 2.07. The molecule has 0 saturated carbocycles. The summed E-state index contributed by atoms with van der Waals surface area (Å²) in [5.41, 5.74) is 0. The van der Waals surface area contributed by atoms with E-state index in [9.17, 15) is 8.42 Å². The first-order valence-corrected chi connectivity index (χ1v) is 6.36. The van der Waals surface area contributed by atoms with Crippen molar-refractivity contribution >= 4 is 10.1 Å². The minimum atomic E-state index is -3.82. The van der Waals surface area contributed by atoms with Crippen LogP contribution in [0.5, 0.6) is 0 Å². The Hall–Kier alpha value is -0.170. The van der Waals surface area contributed by atoms with Crippen molar-refractivity contribution in [1.29, 1.82) is 0 Å². The van der Waals surface area contributed by atoms with Crippen molar-refractivity contribution in [1.82, 2.24) is 5.32 Å². The van der Waals surface area contributed by atoms with Gasteiger partial charge in [0.2, 0.25) is 0 Å². The Labute approximate surface area is 85.3 Å². The van der Waals surface area contributed by atoms with E-state index < -0.39 is 10.1 Å². The molecule has 0 rings (SSSR count). The number of rotatable bonds is 8. The highest BCUT2D eigenvalue weighted by Gasteiger charge is 2.04. The molecule has 5 nitrogen and oxygen atoms in total. The summed E-state index contributed by atoms with van der Waals surface area (Å²) in [4.78, 5) is 0. The third-order valence-electron chi connectivity index (χ3n) is 1.87. The largest absolute Gasteiger partial charge is 0.396 e. The fourth-order valence-electron chi connectivity index (χ4n) is 1.10. The Balaban J connectivity index is 3.36. The Morgan fingerprint density at radius 3 is 2.50 bits per heavy atom. The van der Waals surface area contributed by atoms with Crippen LogP contribution in [-0.2, 0) is 10.1 Å². The van der Waals surface area contributed by atoms with Gasteiger partial charge in [0.05, 0.1) is 5.75 Å². The molecule has 0 heterocycles. The van der Waals surface area contributed by atoms with Crippen molar-refractivity contribution in [2.24, 2.45) is 0 Å². The van der Waals surface area contributed by atoms with E-state index in [0.29, 0.717) is 13.0 Å². The molecule has 0 bridgehead atoms. The minimum Gasteiger partial charge on any atom is -0.396 e. The van der Waals surface area contributed by atoms with Crippen LogP contribution < -0.4 is 5.32 Å². The van der Waals surface area contributed by atoms with E-state index in [1.54, 1.807) is 0 Å². The predicted octanol–water partition coefficient (Wildman–Crippen LogP) is 0.0149. The fraction of sp³-hybridized carbons (Fsp3) is 1.00. The Morgan fingerprint density at radius 1 is 1.36 bits per heavy atom. The first-order valence-electron chi connectivity index (χ1n) is 4.75. The Bertz CT molecular complexity index is 227. The molecule has 6 heteroatoms. The molecule has 0 aromatic carbocycles. The molecule has 3 N–H and O–H groups in total. The Morgan fingerprint density at radius 2 is 2.00 bits per heavy atom. The molecule has 0 aromatic heterocycles. The highest BCUT2D eigenvalue weighted by molar-refractivity contribution is 7.85. The second kappa shape index (κ2) is 7.17. The zero-order chi connectivity index (χ0) is 11.0. The summed E-state index contributed by atoms with van der Waals surface area (Å²) in [5, 5.41) is 11.7. The van der Waals surface area contributed by atoms with Crippen LogP contribution in [0.4, 0.5) is 0 Å². The van der Waals surface area contributed by atoms with Gasteiger partial charge in [-0.2, -0.15) is 8.42 Å². The summed E-state index contributed by atoms with van der Waals surface area (Å²) in [6.45, 7) is 2.71. The summed E-state index contributed by atoms with van der Waals surface area (Å²) >= 11 is 0. The molecule has 86 valence electrons. The van der Waals surface area contributed by atoms with E-state index in [0.717, 1.165) is 12.8 Å². The van der Waals surface area contributed by atoms with Gasteiger partial charge in [0.25, 0.3) is 10.1 Å². The van der Waals surface area contributed by atoms with Crippen molar-refractivity contribution in [2.75, 3.05) is 18.9 Å². The summed E-state index contributed by atoms with van der Waals surface area (Å²) in [6, 6.07) is 0.267. The van der Waals surface area contributed by atoms with Gasteiger partial charge in [0.1, 0.15) is 0 Å². The summed E-state index contributed by atoms with van der Waals surface area (Å²) in [5.74, 6) is -0.202. The maximum atomic E-state index is 10.3. The van der Waals surface area contributed by atoms with Crippen LogP contribution in [-0.4, -0.2) is 43.0 Å². The van der Waals surface area contributed by atoms with Gasteiger partial charge in [-0.05, 0) is 32.7 Å². The zero-order valence-corrected chi connectivity index (χ0v) is 9.26. The lowest BCUT2D eigenvalue weighted by Gasteiger charge is -2.12. The zero-order valence-electron chi connectivity index (χ0n) is 8.44. The van der Waals surface area contributed by atoms with Gasteiger partial charge in [-0.15, -0.1) is 0 Å². The highest BCUT2D eigenvalue weighted by atomic mass is 32.2. The third-order valence-corrected chi connectivity index (χ3v) is 2.67. The second-order valence-electron chi connectivity index (χ2n) is 3.36. The van der Waals surface area contributed by atoms with Crippen LogP contribution in [0.1, 0.15) is 26.2 Å². The summed E-state index contributed by atoms with van der Waals surface area (Å²) in [7, 11) is -3.82. The Kier molecular flexibility index (Phi) is 7.08. The third kappa shape index (κ3) is 9.91. The molecule has 0 aromatic rings. The maximum Gasteiger partial charge on any atom is 0.264 e. The normalized spacial score (nSPS) is 14.2. The monoisotopic (exact) mass is 225 g/mol. The number of aliphatic hydroxyl groups is 1. The van der Waals surface area contributed by atoms with Gasteiger partial charge < -0.3 is 10.4 Å². The molecule has 1 unspecified atom stereocenters. The lowest BCUT2D eigenvalue weighted by atomic mass is 10.2. The van der Waals surface area contributed by atoms with Crippen LogP contribution >= 0.6 is 0 Å². The highest BCUT2D eigenvalue weighted by Crippen LogP contribution is 1.95. The lowest BCUT2D eigenvalue weighted by Crippen LogP contribution is -2.28. The van der Waals surface area contributed by atoms with Gasteiger partial charge in [-0.25, -0.2) is 0 Å². The van der Waals surface area contributed by atoms with Crippen molar-refractivity contribution in [3.8, 4) is 0 Å². The molecule has 0 fully saturated rings. The number of hydrogen-bond acceptors (Lipinski definition) is 4. The first kappa shape index (κ1) is 13.8. The quantitative estimate of drug-likeness (QED) is 0.400. The molecule has 0 aliphatic heterocycles. The van der Waals surface area contributed by atoms with E-state index in [2.05, 4.69) is 5.32 Å². The van der Waals surface area contributed by atoms with E-state index in [-0.39, 0.29) is 18.4 Å². The van der Waals surface area contributed by atoms with E-state index in [1.165, 1.54) is 0 Å². The smallest absolute Gasteiger partial charge is 0.264 e. The standard InChI is InChI=1S/C8H19NO4S/c1-8(4-2-6-10)9-5-3-7-14(11,12)13/h8-10H,2-7H2,1H3,(H,11,12,13). The van der Waals surface area contributed by atoms with Crippen LogP contribution in [0.3, 0.4) is 0 Å². The topological polar surface area (TPSA) is 86.6 Å². The first-order chi connectivity index (χ1) is 6.45. The van der Waals surface area contributed by atoms with Gasteiger partial charge >= 0.3 is 0 Å². The number of aliphatic hydroxyl groups excluding tert-OH is 1. The van der Waals surface area contributed by atoms with Gasteiger partial charge in [0.15, 0.2) is 0 Å². The molecule has 0 saturated heterocycles. The molecule has 0 aliphatic rings. The fourth-order valence-corrected chi connectivity index (χ4v) is 1.61. The van der Waals surface area contributed by atoms with Crippen molar-refractivity contribution < 1.29 is 18.1 Å². The lowest BCUT2D eigenvalue weighted by molar-refractivity contribution is 0.276. The van der Waals surface area contributed by atoms with Crippen molar-refractivity contribution in [3.63, 3.8) is 0 Å². The molecule has 1 atom stereocenters. The summed E-state index contributed by atoms with van der Waals surface area (Å²) in [6.07, 6.45) is 2.01. The van der Waals surface area contributed by atoms with Crippen LogP contribution in [0, 0.1) is 0 Å². The molecule has 0 spiro atoms. The number of nitrogens with one attached hydrogen (secondary N) is 1. The molecular formula is C8H19NO4S. The van der Waals surface area contributed by atoms with E-state index >= 15 is 0 Å². The van der Waals surface area contributed by atoms with Gasteiger partial charge in [0, 0.05) is 12.6 Å². The average molecular weight is 225 g/mol. The molecule has 0 amide bonds. The van der Waals surface area contributed by atoms with Crippen molar-refractivity contribution in [2.45, 2.75) is 32.2 Å².